The molecule has 11 nitrogen and oxygen atoms in total. The third-order valence-electron chi connectivity index (χ3n) is 9.71. The van der Waals surface area contributed by atoms with Gasteiger partial charge in [-0.1, -0.05) is 72.8 Å². The van der Waals surface area contributed by atoms with Crippen LogP contribution >= 0.6 is 0 Å². The summed E-state index contributed by atoms with van der Waals surface area (Å²) in [6.45, 7) is 1.57. The van der Waals surface area contributed by atoms with E-state index in [1.807, 2.05) is 79.7 Å². The van der Waals surface area contributed by atoms with Crippen LogP contribution in [0, 0.1) is 11.8 Å². The fraction of sp³-hybridized carbons (Fsp3) is 0.364. The molecule has 4 heterocycles. The Morgan fingerprint density at radius 1 is 1.00 bits per heavy atom. The maximum Gasteiger partial charge on any atom is 0.247 e. The van der Waals surface area contributed by atoms with Crippen LogP contribution in [0.4, 0.5) is 5.69 Å². The van der Waals surface area contributed by atoms with E-state index in [4.69, 9.17) is 4.74 Å². The lowest BCUT2D eigenvalue weighted by molar-refractivity contribution is -0.150. The van der Waals surface area contributed by atoms with Crippen LogP contribution in [0.2, 0.25) is 0 Å². The highest BCUT2D eigenvalue weighted by Crippen LogP contribution is 2.65. The first-order valence-electron chi connectivity index (χ1n) is 15.0. The zero-order chi connectivity index (χ0) is 30.5. The fourth-order valence-corrected chi connectivity index (χ4v) is 7.74. The van der Waals surface area contributed by atoms with Crippen molar-refractivity contribution in [1.82, 2.24) is 25.2 Å². The van der Waals surface area contributed by atoms with Crippen molar-refractivity contribution in [1.29, 1.82) is 0 Å². The number of amides is 3. The molecular formula is C33H34N6O5. The van der Waals surface area contributed by atoms with Crippen molar-refractivity contribution in [2.75, 3.05) is 11.9 Å². The molecule has 1 aromatic heterocycles. The molecule has 0 saturated carbocycles. The Balaban J connectivity index is 1.28. The van der Waals surface area contributed by atoms with Gasteiger partial charge in [-0.05, 0) is 49.1 Å². The summed E-state index contributed by atoms with van der Waals surface area (Å²) >= 11 is 0. The van der Waals surface area contributed by atoms with E-state index in [-0.39, 0.29) is 18.5 Å². The number of hydrogen-bond donors (Lipinski definition) is 3. The first-order chi connectivity index (χ1) is 21.4. The molecule has 0 radical (unpaired) electrons. The average Bonchev–Trinajstić information content (AvgIpc) is 3.79. The molecule has 4 aromatic rings. The molecule has 3 N–H and O–H groups in total. The zero-order valence-corrected chi connectivity index (χ0v) is 24.3. The molecule has 2 bridgehead atoms. The molecule has 3 aliphatic heterocycles. The van der Waals surface area contributed by atoms with Crippen molar-refractivity contribution in [3.63, 3.8) is 0 Å². The van der Waals surface area contributed by atoms with Crippen molar-refractivity contribution in [3.8, 4) is 0 Å². The number of ether oxygens (including phenoxy) is 1. The lowest BCUT2D eigenvalue weighted by atomic mass is 9.65. The Bertz CT molecular complexity index is 1710. The van der Waals surface area contributed by atoms with E-state index in [9.17, 15) is 19.5 Å². The van der Waals surface area contributed by atoms with Crippen LogP contribution in [0.1, 0.15) is 37.8 Å². The van der Waals surface area contributed by atoms with Gasteiger partial charge in [-0.15, -0.1) is 5.10 Å². The standard InChI is InChI=1S/C33H34N6O5/c1-2-32-17-18-33(44-32)27(26(32)29(41)35-22-13-7-4-8-14-22)31(43)39(25(19-40)21-11-5-3-6-12-21)28(33)30(42)34-20-38-24-16-10-9-15-23(24)36-37-38/h3-16,25-28,40H,2,17-20H2,1H3,(H,34,42)(H,35,41)/t25-,26+,27+,28?,32-,33?/m1/s1. The number of fused-ring (bicyclic) bond motifs is 2. The minimum atomic E-state index is -1.25. The van der Waals surface area contributed by atoms with Gasteiger partial charge >= 0.3 is 0 Å². The molecule has 1 spiro atoms. The molecule has 6 atom stereocenters. The molecule has 0 aliphatic carbocycles. The number of nitrogens with one attached hydrogen (secondary N) is 2. The topological polar surface area (TPSA) is 139 Å². The van der Waals surface area contributed by atoms with Crippen molar-refractivity contribution in [3.05, 3.63) is 90.5 Å². The predicted octanol–water partition coefficient (Wildman–Crippen LogP) is 3.03. The second kappa shape index (κ2) is 10.8. The van der Waals surface area contributed by atoms with Crippen molar-refractivity contribution in [2.24, 2.45) is 11.8 Å². The number of nitrogens with zero attached hydrogens (tertiary/aromatic N) is 4. The zero-order valence-electron chi connectivity index (χ0n) is 24.3. The number of para-hydroxylation sites is 2. The smallest absolute Gasteiger partial charge is 0.247 e. The van der Waals surface area contributed by atoms with Gasteiger partial charge in [0.05, 0.1) is 35.6 Å². The van der Waals surface area contributed by atoms with Gasteiger partial charge in [0.2, 0.25) is 17.7 Å². The minimum Gasteiger partial charge on any atom is -0.394 e. The Morgan fingerprint density at radius 3 is 2.43 bits per heavy atom. The van der Waals surface area contributed by atoms with E-state index in [1.165, 1.54) is 4.90 Å². The van der Waals surface area contributed by atoms with E-state index in [2.05, 4.69) is 20.9 Å². The van der Waals surface area contributed by atoms with Crippen molar-refractivity contribution < 1.29 is 24.2 Å². The molecule has 3 aliphatic rings. The van der Waals surface area contributed by atoms with Gasteiger partial charge in [-0.3, -0.25) is 14.4 Å². The molecular weight excluding hydrogens is 560 g/mol. The van der Waals surface area contributed by atoms with Crippen LogP contribution in [-0.2, 0) is 25.8 Å². The summed E-state index contributed by atoms with van der Waals surface area (Å²) < 4.78 is 8.45. The number of carbonyl (C=O) groups is 3. The largest absolute Gasteiger partial charge is 0.394 e. The van der Waals surface area contributed by atoms with Crippen LogP contribution in [0.3, 0.4) is 0 Å². The second-order valence-electron chi connectivity index (χ2n) is 11.8. The van der Waals surface area contributed by atoms with Gasteiger partial charge in [-0.25, -0.2) is 4.68 Å². The maximum absolute atomic E-state index is 14.6. The Kier molecular flexibility index (Phi) is 6.94. The Labute approximate surface area is 254 Å². The lowest BCUT2D eigenvalue weighted by Gasteiger charge is -2.37. The molecule has 2 unspecified atom stereocenters. The number of aromatic nitrogens is 3. The predicted molar refractivity (Wildman–Crippen MR) is 161 cm³/mol. The number of anilines is 1. The summed E-state index contributed by atoms with van der Waals surface area (Å²) in [5.74, 6) is -2.84. The monoisotopic (exact) mass is 594 g/mol. The summed E-state index contributed by atoms with van der Waals surface area (Å²) in [5, 5.41) is 25.0. The number of aliphatic hydroxyl groups excluding tert-OH is 1. The Hall–Kier alpha value is -4.61. The SMILES string of the molecule is CC[C@]12CCC3(O1)C(C(=O)NCn1nnc4ccccc41)N([C@H](CO)c1ccccc1)C(=O)[C@@H]3[C@H]2C(=O)Nc1ccccc1. The minimum absolute atomic E-state index is 0.0184. The van der Waals surface area contributed by atoms with Crippen molar-refractivity contribution in [2.45, 2.75) is 56.1 Å². The van der Waals surface area contributed by atoms with Crippen LogP contribution in [-0.4, -0.2) is 66.6 Å². The first-order valence-corrected chi connectivity index (χ1v) is 15.0. The molecule has 3 fully saturated rings. The summed E-state index contributed by atoms with van der Waals surface area (Å²) in [6, 6.07) is 23.8. The highest BCUT2D eigenvalue weighted by atomic mass is 16.5. The number of hydrogen-bond acceptors (Lipinski definition) is 7. The maximum atomic E-state index is 14.6. The molecule has 3 amide bonds. The molecule has 11 heteroatoms. The van der Waals surface area contributed by atoms with Crippen LogP contribution in [0.15, 0.2) is 84.9 Å². The van der Waals surface area contributed by atoms with E-state index in [0.29, 0.717) is 36.0 Å². The number of carbonyl (C=O) groups excluding carboxylic acids is 3. The highest BCUT2D eigenvalue weighted by molar-refractivity contribution is 6.02. The summed E-state index contributed by atoms with van der Waals surface area (Å²) in [4.78, 5) is 44.5. The van der Waals surface area contributed by atoms with Crippen LogP contribution in [0.25, 0.3) is 11.0 Å². The van der Waals surface area contributed by atoms with E-state index in [1.54, 1.807) is 16.8 Å². The third kappa shape index (κ3) is 4.21. The van der Waals surface area contributed by atoms with Gasteiger partial charge in [0.1, 0.15) is 23.8 Å². The van der Waals surface area contributed by atoms with E-state index < -0.39 is 47.6 Å². The summed E-state index contributed by atoms with van der Waals surface area (Å²) in [5.41, 5.74) is 0.605. The number of benzene rings is 3. The average molecular weight is 595 g/mol. The van der Waals surface area contributed by atoms with Crippen LogP contribution < -0.4 is 10.6 Å². The number of likely N-dealkylation sites (tertiary alicyclic amines) is 1. The Morgan fingerprint density at radius 2 is 1.70 bits per heavy atom. The van der Waals surface area contributed by atoms with Crippen molar-refractivity contribution >= 4 is 34.4 Å². The number of rotatable bonds is 9. The number of aliphatic hydroxyl groups is 1. The molecule has 7 rings (SSSR count). The summed E-state index contributed by atoms with van der Waals surface area (Å²) in [7, 11) is 0. The van der Waals surface area contributed by atoms with Gasteiger partial charge < -0.3 is 25.4 Å². The molecule has 3 saturated heterocycles. The quantitative estimate of drug-likeness (QED) is 0.271. The van der Waals surface area contributed by atoms with E-state index >= 15 is 0 Å². The third-order valence-corrected chi connectivity index (χ3v) is 9.71. The van der Waals surface area contributed by atoms with Crippen LogP contribution in [0.5, 0.6) is 0 Å². The second-order valence-corrected chi connectivity index (χ2v) is 11.8. The van der Waals surface area contributed by atoms with E-state index in [0.717, 1.165) is 5.52 Å². The normalized spacial score (nSPS) is 27.8. The van der Waals surface area contributed by atoms with Gasteiger partial charge in [0, 0.05) is 5.69 Å². The first kappa shape index (κ1) is 28.2. The highest BCUT2D eigenvalue weighted by Gasteiger charge is 2.79. The molecule has 3 aromatic carbocycles. The fourth-order valence-electron chi connectivity index (χ4n) is 7.74. The van der Waals surface area contributed by atoms with Gasteiger partial charge in [0.15, 0.2) is 0 Å². The van der Waals surface area contributed by atoms with Gasteiger partial charge in [-0.2, -0.15) is 0 Å². The molecule has 44 heavy (non-hydrogen) atoms. The lowest BCUT2D eigenvalue weighted by Crippen LogP contribution is -2.56. The summed E-state index contributed by atoms with van der Waals surface area (Å²) in [6.07, 6.45) is 1.47. The molecule has 226 valence electrons. The van der Waals surface area contributed by atoms with Gasteiger partial charge in [0.25, 0.3) is 0 Å².